The van der Waals surface area contributed by atoms with Gasteiger partial charge in [0.2, 0.25) is 5.91 Å². The Kier molecular flexibility index (Phi) is 4.99. The molecule has 1 saturated carbocycles. The predicted octanol–water partition coefficient (Wildman–Crippen LogP) is 2.20. The van der Waals surface area contributed by atoms with Gasteiger partial charge in [-0.1, -0.05) is 19.9 Å². The smallest absolute Gasteiger partial charge is 0.330 e. The molecular formula is C20H26N2O5. The quantitative estimate of drug-likeness (QED) is 0.796. The molecule has 2 fully saturated rings. The summed E-state index contributed by atoms with van der Waals surface area (Å²) in [4.78, 5) is 38.5. The number of carbonyl (C=O) groups excluding carboxylic acids is 2. The van der Waals surface area contributed by atoms with Crippen LogP contribution in [0.15, 0.2) is 24.3 Å². The number of hydrogen-bond donors (Lipinski definition) is 2. The highest BCUT2D eigenvalue weighted by Gasteiger charge is 2.66. The van der Waals surface area contributed by atoms with Crippen LogP contribution in [0.1, 0.15) is 50.4 Å². The van der Waals surface area contributed by atoms with Crippen LogP contribution in [0, 0.1) is 5.41 Å². The Bertz CT molecular complexity index is 775. The van der Waals surface area contributed by atoms with Gasteiger partial charge in [0.05, 0.1) is 6.10 Å². The van der Waals surface area contributed by atoms with Crippen molar-refractivity contribution in [3.8, 4) is 0 Å². The summed E-state index contributed by atoms with van der Waals surface area (Å²) in [6, 6.07) is 6.75. The molecule has 7 nitrogen and oxygen atoms in total. The lowest BCUT2D eigenvalue weighted by Crippen LogP contribution is -2.76. The molecule has 1 aliphatic heterocycles. The molecule has 3 rings (SSSR count). The van der Waals surface area contributed by atoms with Gasteiger partial charge in [-0.15, -0.1) is 0 Å². The summed E-state index contributed by atoms with van der Waals surface area (Å²) in [5, 5.41) is 12.6. The minimum absolute atomic E-state index is 0.0363. The van der Waals surface area contributed by atoms with E-state index < -0.39 is 22.8 Å². The number of amides is 2. The maximum Gasteiger partial charge on any atom is 0.330 e. The molecule has 0 aromatic heterocycles. The average molecular weight is 374 g/mol. The Morgan fingerprint density at radius 2 is 2.11 bits per heavy atom. The molecule has 0 bridgehead atoms. The van der Waals surface area contributed by atoms with Crippen molar-refractivity contribution in [2.24, 2.45) is 5.41 Å². The zero-order valence-corrected chi connectivity index (χ0v) is 15.9. The summed E-state index contributed by atoms with van der Waals surface area (Å²) in [5.41, 5.74) is -1.13. The number of carboxylic acids is 1. The Morgan fingerprint density at radius 1 is 1.37 bits per heavy atom. The fourth-order valence-electron chi connectivity index (χ4n) is 4.04. The summed E-state index contributed by atoms with van der Waals surface area (Å²) in [5.74, 6) is -1.49. The number of hydrogen-bond acceptors (Lipinski definition) is 4. The van der Waals surface area contributed by atoms with E-state index in [1.54, 1.807) is 43.0 Å². The van der Waals surface area contributed by atoms with E-state index in [9.17, 15) is 19.5 Å². The molecule has 1 saturated heterocycles. The average Bonchev–Trinajstić information content (AvgIpc) is 3.06. The largest absolute Gasteiger partial charge is 0.479 e. The topological polar surface area (TPSA) is 95.9 Å². The third kappa shape index (κ3) is 3.10. The number of rotatable bonds is 6. The Labute approximate surface area is 158 Å². The number of carboxylic acid groups (broad SMARTS) is 1. The number of aliphatic carboxylic acids is 1. The van der Waals surface area contributed by atoms with E-state index in [1.807, 2.05) is 6.92 Å². The molecular weight excluding hydrogens is 348 g/mol. The monoisotopic (exact) mass is 374 g/mol. The van der Waals surface area contributed by atoms with Gasteiger partial charge in [-0.25, -0.2) is 4.79 Å². The third-order valence-corrected chi connectivity index (χ3v) is 5.95. The van der Waals surface area contributed by atoms with Crippen LogP contribution in [0.25, 0.3) is 0 Å². The van der Waals surface area contributed by atoms with E-state index in [0.29, 0.717) is 30.8 Å². The summed E-state index contributed by atoms with van der Waals surface area (Å²) in [6.07, 6.45) is 1.29. The van der Waals surface area contributed by atoms with E-state index in [4.69, 9.17) is 4.74 Å². The maximum absolute atomic E-state index is 12.8. The van der Waals surface area contributed by atoms with Gasteiger partial charge < -0.3 is 20.1 Å². The maximum atomic E-state index is 12.8. The van der Waals surface area contributed by atoms with E-state index in [0.717, 1.165) is 6.42 Å². The normalized spacial score (nSPS) is 26.6. The second kappa shape index (κ2) is 6.96. The molecule has 0 spiro atoms. The number of ether oxygens (including phenoxy) is 1. The van der Waals surface area contributed by atoms with Crippen molar-refractivity contribution >= 4 is 23.5 Å². The fourth-order valence-corrected chi connectivity index (χ4v) is 4.04. The van der Waals surface area contributed by atoms with Crippen molar-refractivity contribution in [3.63, 3.8) is 0 Å². The first-order valence-corrected chi connectivity index (χ1v) is 9.31. The molecule has 0 radical (unpaired) electrons. The van der Waals surface area contributed by atoms with Crippen LogP contribution in [-0.4, -0.2) is 47.7 Å². The van der Waals surface area contributed by atoms with Gasteiger partial charge in [0, 0.05) is 42.7 Å². The molecule has 7 heteroatoms. The first-order chi connectivity index (χ1) is 12.7. The minimum atomic E-state index is -1.39. The van der Waals surface area contributed by atoms with Crippen LogP contribution in [0.4, 0.5) is 5.69 Å². The highest BCUT2D eigenvalue weighted by molar-refractivity contribution is 6.01. The van der Waals surface area contributed by atoms with Gasteiger partial charge in [0.15, 0.2) is 0 Å². The summed E-state index contributed by atoms with van der Waals surface area (Å²) in [7, 11) is 0. The first kappa shape index (κ1) is 19.4. The van der Waals surface area contributed by atoms with Gasteiger partial charge in [0.1, 0.15) is 5.54 Å². The SMILES string of the molecule is CCOC1CC(NC(=O)c2cccc(N3CCCC3=O)c2)(C(=O)O)C1(C)C. The van der Waals surface area contributed by atoms with Gasteiger partial charge in [-0.05, 0) is 31.5 Å². The second-order valence-corrected chi connectivity index (χ2v) is 7.73. The molecule has 2 aliphatic rings. The van der Waals surface area contributed by atoms with Gasteiger partial charge >= 0.3 is 5.97 Å². The van der Waals surface area contributed by atoms with Crippen molar-refractivity contribution in [1.82, 2.24) is 5.32 Å². The molecule has 27 heavy (non-hydrogen) atoms. The zero-order valence-electron chi connectivity index (χ0n) is 15.9. The third-order valence-electron chi connectivity index (χ3n) is 5.95. The van der Waals surface area contributed by atoms with Crippen LogP contribution in [0.2, 0.25) is 0 Å². The molecule has 1 aromatic rings. The number of nitrogens with one attached hydrogen (secondary N) is 1. The van der Waals surface area contributed by atoms with E-state index in [2.05, 4.69) is 5.32 Å². The highest BCUT2D eigenvalue weighted by Crippen LogP contribution is 2.51. The minimum Gasteiger partial charge on any atom is -0.479 e. The summed E-state index contributed by atoms with van der Waals surface area (Å²) in [6.45, 7) is 6.57. The number of carbonyl (C=O) groups is 3. The van der Waals surface area contributed by atoms with E-state index in [1.165, 1.54) is 0 Å². The number of anilines is 1. The molecule has 1 heterocycles. The van der Waals surface area contributed by atoms with E-state index >= 15 is 0 Å². The predicted molar refractivity (Wildman–Crippen MR) is 99.7 cm³/mol. The van der Waals surface area contributed by atoms with Crippen LogP contribution in [0.3, 0.4) is 0 Å². The van der Waals surface area contributed by atoms with Crippen LogP contribution in [-0.2, 0) is 14.3 Å². The number of nitrogens with zero attached hydrogens (tertiary/aromatic N) is 1. The van der Waals surface area contributed by atoms with Crippen LogP contribution in [0.5, 0.6) is 0 Å². The summed E-state index contributed by atoms with van der Waals surface area (Å²) < 4.78 is 5.63. The van der Waals surface area contributed by atoms with E-state index in [-0.39, 0.29) is 18.4 Å². The molecule has 1 aliphatic carbocycles. The molecule has 1 aromatic carbocycles. The summed E-state index contributed by atoms with van der Waals surface area (Å²) >= 11 is 0. The second-order valence-electron chi connectivity index (χ2n) is 7.73. The Hall–Kier alpha value is -2.41. The van der Waals surface area contributed by atoms with Gasteiger partial charge in [-0.2, -0.15) is 0 Å². The lowest BCUT2D eigenvalue weighted by atomic mass is 9.54. The van der Waals surface area contributed by atoms with Crippen molar-refractivity contribution in [3.05, 3.63) is 29.8 Å². The molecule has 146 valence electrons. The van der Waals surface area contributed by atoms with Crippen LogP contribution < -0.4 is 10.2 Å². The fraction of sp³-hybridized carbons (Fsp3) is 0.550. The van der Waals surface area contributed by atoms with Crippen molar-refractivity contribution in [2.75, 3.05) is 18.1 Å². The van der Waals surface area contributed by atoms with Crippen molar-refractivity contribution in [2.45, 2.75) is 51.7 Å². The van der Waals surface area contributed by atoms with Gasteiger partial charge in [-0.3, -0.25) is 9.59 Å². The lowest BCUT2D eigenvalue weighted by Gasteiger charge is -2.58. The van der Waals surface area contributed by atoms with Gasteiger partial charge in [0.25, 0.3) is 5.91 Å². The molecule has 2 amide bonds. The van der Waals surface area contributed by atoms with Crippen molar-refractivity contribution in [1.29, 1.82) is 0 Å². The Morgan fingerprint density at radius 3 is 2.67 bits per heavy atom. The standard InChI is InChI=1S/C20H26N2O5/c1-4-27-15-12-20(18(25)26,19(15,2)3)21-17(24)13-7-5-8-14(11-13)22-10-6-9-16(22)23/h5,7-8,11,15H,4,6,9-10,12H2,1-3H3,(H,21,24)(H,25,26). The first-order valence-electron chi connectivity index (χ1n) is 9.31. The van der Waals surface area contributed by atoms with Crippen LogP contribution >= 0.6 is 0 Å². The Balaban J connectivity index is 1.82. The molecule has 2 atom stereocenters. The zero-order chi connectivity index (χ0) is 19.8. The highest BCUT2D eigenvalue weighted by atomic mass is 16.5. The van der Waals surface area contributed by atoms with Crippen molar-refractivity contribution < 1.29 is 24.2 Å². The number of benzene rings is 1. The molecule has 2 N–H and O–H groups in total. The molecule has 2 unspecified atom stereocenters. The lowest BCUT2D eigenvalue weighted by molar-refractivity contribution is -0.190.